The van der Waals surface area contributed by atoms with Crippen LogP contribution < -0.4 is 10.1 Å². The summed E-state index contributed by atoms with van der Waals surface area (Å²) in [5.41, 5.74) is 4.57. The van der Waals surface area contributed by atoms with Crippen molar-refractivity contribution in [2.45, 2.75) is 38.5 Å². The lowest BCUT2D eigenvalue weighted by atomic mass is 9.79. The van der Waals surface area contributed by atoms with E-state index in [2.05, 4.69) is 11.4 Å². The highest BCUT2D eigenvalue weighted by atomic mass is 19.3. The number of aryl methyl sites for hydroxylation is 1. The zero-order valence-electron chi connectivity index (χ0n) is 15.0. The summed E-state index contributed by atoms with van der Waals surface area (Å²) in [6.45, 7) is 4.67. The summed E-state index contributed by atoms with van der Waals surface area (Å²) in [6.07, 6.45) is 1.66. The van der Waals surface area contributed by atoms with Crippen LogP contribution in [0.2, 0.25) is 0 Å². The predicted molar refractivity (Wildman–Crippen MR) is 96.9 cm³/mol. The molecule has 2 aromatic rings. The highest BCUT2D eigenvalue weighted by Gasteiger charge is 2.39. The molecule has 4 heteroatoms. The van der Waals surface area contributed by atoms with Crippen LogP contribution in [0, 0.1) is 6.92 Å². The van der Waals surface area contributed by atoms with Crippen molar-refractivity contribution in [3.63, 3.8) is 0 Å². The van der Waals surface area contributed by atoms with Gasteiger partial charge in [-0.3, -0.25) is 0 Å². The molecule has 2 nitrogen and oxygen atoms in total. The Morgan fingerprint density at radius 3 is 2.60 bits per heavy atom. The smallest absolute Gasteiger partial charge is 0.256 e. The quantitative estimate of drug-likeness (QED) is 0.882. The first-order valence-corrected chi connectivity index (χ1v) is 8.75. The van der Waals surface area contributed by atoms with Gasteiger partial charge in [0.2, 0.25) is 0 Å². The van der Waals surface area contributed by atoms with Gasteiger partial charge in [0.15, 0.2) is 0 Å². The summed E-state index contributed by atoms with van der Waals surface area (Å²) in [4.78, 5) is 0. The number of alkyl halides is 2. The molecule has 134 valence electrons. The Morgan fingerprint density at radius 1 is 1.12 bits per heavy atom. The van der Waals surface area contributed by atoms with Gasteiger partial charge in [0.05, 0.1) is 13.0 Å². The number of nitrogens with one attached hydrogen (secondary N) is 1. The third-order valence-electron chi connectivity index (χ3n) is 5.02. The van der Waals surface area contributed by atoms with Crippen molar-refractivity contribution in [2.24, 2.45) is 0 Å². The van der Waals surface area contributed by atoms with E-state index in [0.717, 1.165) is 49.5 Å². The van der Waals surface area contributed by atoms with Gasteiger partial charge in [0.25, 0.3) is 5.92 Å². The van der Waals surface area contributed by atoms with Gasteiger partial charge in [-0.05, 0) is 72.8 Å². The van der Waals surface area contributed by atoms with E-state index in [9.17, 15) is 8.78 Å². The van der Waals surface area contributed by atoms with E-state index in [4.69, 9.17) is 4.74 Å². The molecule has 25 heavy (non-hydrogen) atoms. The van der Waals surface area contributed by atoms with Crippen LogP contribution in [-0.2, 0) is 12.8 Å². The Labute approximate surface area is 148 Å². The molecule has 1 atom stereocenters. The van der Waals surface area contributed by atoms with Crippen LogP contribution >= 0.6 is 0 Å². The van der Waals surface area contributed by atoms with E-state index in [1.807, 2.05) is 13.0 Å². The molecule has 2 aromatic carbocycles. The maximum atomic E-state index is 14.8. The lowest BCUT2D eigenvalue weighted by Crippen LogP contribution is -2.26. The largest absolute Gasteiger partial charge is 0.497 e. The van der Waals surface area contributed by atoms with E-state index >= 15 is 0 Å². The molecule has 0 saturated heterocycles. The number of halogens is 2. The van der Waals surface area contributed by atoms with Crippen molar-refractivity contribution in [1.29, 1.82) is 0 Å². The third-order valence-corrected chi connectivity index (χ3v) is 5.02. The maximum absolute atomic E-state index is 14.8. The lowest BCUT2D eigenvalue weighted by molar-refractivity contribution is 0.00406. The minimum absolute atomic E-state index is 0.598. The second kappa shape index (κ2) is 7.12. The normalized spacial score (nSPS) is 16.0. The van der Waals surface area contributed by atoms with E-state index in [-0.39, 0.29) is 0 Å². The number of rotatable bonds is 4. The van der Waals surface area contributed by atoms with E-state index < -0.39 is 11.8 Å². The molecule has 0 aliphatic carbocycles. The van der Waals surface area contributed by atoms with Gasteiger partial charge in [-0.15, -0.1) is 0 Å². The lowest BCUT2D eigenvalue weighted by Gasteiger charge is -2.29. The summed E-state index contributed by atoms with van der Waals surface area (Å²) >= 11 is 0. The molecule has 1 heterocycles. The van der Waals surface area contributed by atoms with Gasteiger partial charge < -0.3 is 10.1 Å². The summed E-state index contributed by atoms with van der Waals surface area (Å²) < 4.78 is 34.8. The third kappa shape index (κ3) is 3.69. The average Bonchev–Trinajstić information content (AvgIpc) is 2.82. The maximum Gasteiger partial charge on any atom is 0.256 e. The van der Waals surface area contributed by atoms with Gasteiger partial charge >= 0.3 is 0 Å². The molecule has 0 amide bonds. The first-order chi connectivity index (χ1) is 11.9. The minimum atomic E-state index is -2.87. The Hall–Kier alpha value is -1.94. The van der Waals surface area contributed by atoms with Gasteiger partial charge in [-0.1, -0.05) is 24.3 Å². The molecule has 1 aliphatic heterocycles. The van der Waals surface area contributed by atoms with Crippen molar-refractivity contribution in [1.82, 2.24) is 5.32 Å². The molecule has 0 bridgehead atoms. The first kappa shape index (κ1) is 17.9. The molecular weight excluding hydrogens is 320 g/mol. The van der Waals surface area contributed by atoms with Crippen LogP contribution in [0.4, 0.5) is 8.78 Å². The number of methoxy groups -OCH3 is 1. The number of hydrogen-bond donors (Lipinski definition) is 1. The molecular formula is C21H25F2NO. The minimum Gasteiger partial charge on any atom is -0.497 e. The zero-order chi connectivity index (χ0) is 18.0. The Balaban J connectivity index is 2.21. The monoisotopic (exact) mass is 345 g/mol. The highest BCUT2D eigenvalue weighted by Crippen LogP contribution is 2.43. The van der Waals surface area contributed by atoms with Gasteiger partial charge in [0.1, 0.15) is 5.75 Å². The summed E-state index contributed by atoms with van der Waals surface area (Å²) in [5.74, 6) is -3.24. The van der Waals surface area contributed by atoms with Crippen LogP contribution in [0.3, 0.4) is 0 Å². The number of ether oxygens (including phenoxy) is 1. The Morgan fingerprint density at radius 2 is 1.88 bits per heavy atom. The zero-order valence-corrected chi connectivity index (χ0v) is 15.0. The van der Waals surface area contributed by atoms with E-state index in [0.29, 0.717) is 11.3 Å². The first-order valence-electron chi connectivity index (χ1n) is 8.75. The molecule has 0 saturated carbocycles. The van der Waals surface area contributed by atoms with Gasteiger partial charge in [0, 0.05) is 6.92 Å². The van der Waals surface area contributed by atoms with Crippen molar-refractivity contribution in [3.05, 3.63) is 64.2 Å². The Bertz CT molecular complexity index is 752. The van der Waals surface area contributed by atoms with Gasteiger partial charge in [-0.25, -0.2) is 8.78 Å². The average molecular weight is 345 g/mol. The van der Waals surface area contributed by atoms with E-state index in [1.165, 1.54) is 5.56 Å². The molecule has 0 fully saturated rings. The number of fused-ring (bicyclic) bond motifs is 1. The molecule has 1 unspecified atom stereocenters. The molecule has 1 N–H and O–H groups in total. The van der Waals surface area contributed by atoms with Crippen molar-refractivity contribution < 1.29 is 13.5 Å². The van der Waals surface area contributed by atoms with Crippen molar-refractivity contribution in [2.75, 3.05) is 20.2 Å². The van der Waals surface area contributed by atoms with Crippen LogP contribution in [-0.4, -0.2) is 26.1 Å². The fraction of sp³-hybridized carbons (Fsp3) is 0.429. The standard InChI is InChI=1S/C21H25F2NO/c1-14-7-8-15-9-11-24-12-10-18(15)19(14)20(21(2,22)23)16-5-4-6-17(13-16)25-3/h4-8,13,20,24H,9-12H2,1-3H3. The fourth-order valence-electron chi connectivity index (χ4n) is 3.85. The van der Waals surface area contributed by atoms with Crippen molar-refractivity contribution in [3.8, 4) is 5.75 Å². The topological polar surface area (TPSA) is 21.3 Å². The van der Waals surface area contributed by atoms with Crippen LogP contribution in [0.5, 0.6) is 5.75 Å². The summed E-state index contributed by atoms with van der Waals surface area (Å²) in [7, 11) is 1.56. The molecule has 3 rings (SSSR count). The summed E-state index contributed by atoms with van der Waals surface area (Å²) in [5, 5.41) is 3.37. The molecule has 1 aliphatic rings. The van der Waals surface area contributed by atoms with Gasteiger partial charge in [-0.2, -0.15) is 0 Å². The molecule has 0 aromatic heterocycles. The fourth-order valence-corrected chi connectivity index (χ4v) is 3.85. The SMILES string of the molecule is COc1cccc(C(c2c(C)ccc3c2CCNCC3)C(C)(F)F)c1. The van der Waals surface area contributed by atoms with E-state index in [1.54, 1.807) is 31.4 Å². The van der Waals surface area contributed by atoms with Crippen molar-refractivity contribution >= 4 is 0 Å². The predicted octanol–water partition coefficient (Wildman–Crippen LogP) is 4.48. The second-order valence-corrected chi connectivity index (χ2v) is 6.85. The van der Waals surface area contributed by atoms with Crippen LogP contribution in [0.1, 0.15) is 40.7 Å². The number of benzene rings is 2. The van der Waals surface area contributed by atoms with Crippen LogP contribution in [0.15, 0.2) is 36.4 Å². The number of hydrogen-bond acceptors (Lipinski definition) is 2. The summed E-state index contributed by atoms with van der Waals surface area (Å²) in [6, 6.07) is 11.2. The highest BCUT2D eigenvalue weighted by molar-refractivity contribution is 5.49. The van der Waals surface area contributed by atoms with Crippen LogP contribution in [0.25, 0.3) is 0 Å². The molecule has 0 radical (unpaired) electrons. The molecule has 0 spiro atoms. The second-order valence-electron chi connectivity index (χ2n) is 6.85. The Kier molecular flexibility index (Phi) is 5.09.